The molecule has 12 aromatic rings. The summed E-state index contributed by atoms with van der Waals surface area (Å²) in [6.45, 7) is 23.3. The fourth-order valence-electron chi connectivity index (χ4n) is 13.7. The lowest BCUT2D eigenvalue weighted by Gasteiger charge is -2.30. The lowest BCUT2D eigenvalue weighted by molar-refractivity contribution is 0.590. The minimum Gasteiger partial charge on any atom is -0.310 e. The zero-order chi connectivity index (χ0) is 53.6. The maximum absolute atomic E-state index is 2.48. The van der Waals surface area contributed by atoms with Crippen molar-refractivity contribution in [1.82, 2.24) is 0 Å². The molecule has 2 aliphatic rings. The predicted molar refractivity (Wildman–Crippen MR) is 336 cm³/mol. The molecule has 0 N–H and O–H groups in total. The number of hydrogen-bond acceptors (Lipinski definition) is 2. The van der Waals surface area contributed by atoms with Gasteiger partial charge in [-0.3, -0.25) is 0 Å². The summed E-state index contributed by atoms with van der Waals surface area (Å²) >= 11 is 0. The lowest BCUT2D eigenvalue weighted by atomic mass is 9.82. The first-order valence-corrected chi connectivity index (χ1v) is 28.0. The van der Waals surface area contributed by atoms with E-state index in [2.05, 4.69) is 297 Å². The summed E-state index contributed by atoms with van der Waals surface area (Å²) in [6, 6.07) is 83.4. The summed E-state index contributed by atoms with van der Waals surface area (Å²) in [5.41, 5.74) is 20.1. The Bertz CT molecular complexity index is 4150. The Morgan fingerprint density at radius 3 is 0.936 bits per heavy atom. The third-order valence-electron chi connectivity index (χ3n) is 17.9. The van der Waals surface area contributed by atoms with E-state index in [0.29, 0.717) is 0 Å². The van der Waals surface area contributed by atoms with Crippen LogP contribution in [-0.4, -0.2) is 0 Å². The van der Waals surface area contributed by atoms with Crippen molar-refractivity contribution in [2.24, 2.45) is 0 Å². The Morgan fingerprint density at radius 1 is 0.256 bits per heavy atom. The van der Waals surface area contributed by atoms with Crippen molar-refractivity contribution in [1.29, 1.82) is 0 Å². The fraction of sp³-hybridized carbons (Fsp3) is 0.184. The summed E-state index contributed by atoms with van der Waals surface area (Å²) < 4.78 is 0. The maximum atomic E-state index is 2.48. The summed E-state index contributed by atoms with van der Waals surface area (Å²) in [6.07, 6.45) is 0. The normalized spacial score (nSPS) is 14.2. The van der Waals surface area contributed by atoms with Gasteiger partial charge in [-0.1, -0.05) is 215 Å². The summed E-state index contributed by atoms with van der Waals surface area (Å²) in [4.78, 5) is 4.96. The van der Waals surface area contributed by atoms with Crippen molar-refractivity contribution in [3.63, 3.8) is 0 Å². The van der Waals surface area contributed by atoms with Crippen LogP contribution in [0.4, 0.5) is 34.1 Å². The monoisotopic (exact) mass is 1010 g/mol. The second-order valence-corrected chi connectivity index (χ2v) is 25.4. The highest BCUT2D eigenvalue weighted by atomic mass is 15.1. The highest BCUT2D eigenvalue weighted by Crippen LogP contribution is 2.54. The standard InChI is InChI=1S/C76H66N2/c1-73(2,3)47-27-31-49(32-28-47)77(53-35-39-59-57-21-15-17-25-67(57)75(7,8)69(59)45-53)51-37-41-63-65(43-51)55-19-11-13-23-61(55)72-64-42-38-52(44-66(64)56-20-12-14-24-62(56)71(63)72)78(50-33-29-48(30-34-50)74(4,5)6)54-36-40-60-58-22-16-18-26-68(58)76(9,10)70(60)46-54/h11-46H,1-10H3. The molecule has 380 valence electrons. The summed E-state index contributed by atoms with van der Waals surface area (Å²) in [5.74, 6) is 0. The molecule has 0 saturated carbocycles. The maximum Gasteiger partial charge on any atom is 0.0468 e. The predicted octanol–water partition coefficient (Wildman–Crippen LogP) is 21.6. The molecule has 0 aliphatic heterocycles. The molecule has 0 aromatic heterocycles. The van der Waals surface area contributed by atoms with Crippen LogP contribution in [0.25, 0.3) is 76.1 Å². The summed E-state index contributed by atoms with van der Waals surface area (Å²) in [5, 5.41) is 12.6. The minimum absolute atomic E-state index is 0.0368. The van der Waals surface area contributed by atoms with Crippen LogP contribution in [0.2, 0.25) is 0 Å². The average Bonchev–Trinajstić information content (AvgIpc) is 3.99. The molecule has 0 unspecified atom stereocenters. The molecule has 0 radical (unpaired) electrons. The first-order chi connectivity index (χ1) is 37.5. The highest BCUT2D eigenvalue weighted by Gasteiger charge is 2.37. The van der Waals surface area contributed by atoms with Crippen LogP contribution in [-0.2, 0) is 21.7 Å². The van der Waals surface area contributed by atoms with Gasteiger partial charge in [-0.05, 0) is 193 Å². The van der Waals surface area contributed by atoms with E-state index in [1.165, 1.54) is 109 Å². The largest absolute Gasteiger partial charge is 0.310 e. The van der Waals surface area contributed by atoms with Gasteiger partial charge in [-0.15, -0.1) is 0 Å². The summed E-state index contributed by atoms with van der Waals surface area (Å²) in [7, 11) is 0. The number of rotatable bonds is 6. The Morgan fingerprint density at radius 2 is 0.551 bits per heavy atom. The van der Waals surface area contributed by atoms with Crippen molar-refractivity contribution in [3.05, 3.63) is 252 Å². The van der Waals surface area contributed by atoms with Gasteiger partial charge >= 0.3 is 0 Å². The topological polar surface area (TPSA) is 6.48 Å². The molecule has 0 spiro atoms. The average molecular weight is 1010 g/mol. The Hall–Kier alpha value is -8.46. The smallest absolute Gasteiger partial charge is 0.0468 e. The fourth-order valence-corrected chi connectivity index (χ4v) is 13.7. The third-order valence-corrected chi connectivity index (χ3v) is 17.9. The van der Waals surface area contributed by atoms with Gasteiger partial charge in [-0.25, -0.2) is 0 Å². The molecular weight excluding hydrogens is 941 g/mol. The van der Waals surface area contributed by atoms with Gasteiger partial charge < -0.3 is 9.80 Å². The van der Waals surface area contributed by atoms with Crippen LogP contribution in [0.5, 0.6) is 0 Å². The first kappa shape index (κ1) is 48.0. The van der Waals surface area contributed by atoms with E-state index in [9.17, 15) is 0 Å². The van der Waals surface area contributed by atoms with Crippen LogP contribution >= 0.6 is 0 Å². The van der Waals surface area contributed by atoms with Crippen LogP contribution in [0.15, 0.2) is 218 Å². The molecule has 0 amide bonds. The van der Waals surface area contributed by atoms with Gasteiger partial charge in [0.1, 0.15) is 0 Å². The van der Waals surface area contributed by atoms with Crippen molar-refractivity contribution >= 4 is 88.0 Å². The number of benzene rings is 12. The number of hydrogen-bond donors (Lipinski definition) is 0. The Balaban J connectivity index is 0.977. The molecule has 78 heavy (non-hydrogen) atoms. The van der Waals surface area contributed by atoms with Crippen LogP contribution < -0.4 is 9.80 Å². The van der Waals surface area contributed by atoms with E-state index < -0.39 is 0 Å². The molecule has 14 rings (SSSR count). The Kier molecular flexibility index (Phi) is 10.5. The van der Waals surface area contributed by atoms with Crippen LogP contribution in [0.1, 0.15) is 103 Å². The van der Waals surface area contributed by atoms with E-state index in [1.807, 2.05) is 0 Å². The lowest BCUT2D eigenvalue weighted by Crippen LogP contribution is -2.17. The molecule has 0 heterocycles. The number of anilines is 6. The van der Waals surface area contributed by atoms with E-state index in [0.717, 1.165) is 34.1 Å². The zero-order valence-corrected chi connectivity index (χ0v) is 46.7. The molecule has 12 aromatic carbocycles. The van der Waals surface area contributed by atoms with Crippen molar-refractivity contribution in [2.45, 2.75) is 90.9 Å². The molecule has 2 aliphatic carbocycles. The first-order valence-electron chi connectivity index (χ1n) is 28.0. The molecule has 0 bridgehead atoms. The van der Waals surface area contributed by atoms with Gasteiger partial charge in [0.25, 0.3) is 0 Å². The zero-order valence-electron chi connectivity index (χ0n) is 46.7. The number of fused-ring (bicyclic) bond motifs is 17. The van der Waals surface area contributed by atoms with Crippen molar-refractivity contribution < 1.29 is 0 Å². The van der Waals surface area contributed by atoms with Crippen molar-refractivity contribution in [2.75, 3.05) is 9.80 Å². The number of nitrogens with zero attached hydrogens (tertiary/aromatic N) is 2. The third kappa shape index (κ3) is 7.22. The SMILES string of the molecule is CC(C)(C)c1ccc(N(c2ccc3c(c2)C(C)(C)c2ccccc2-3)c2ccc3c(c2)c2ccccc2c2c4ccc(N(c5ccc(C(C)(C)C)cc5)c5ccc6c(c5)C(C)(C)c5ccccc5-6)cc4c4ccccc4c32)cc1. The molecule has 2 heteroatoms. The second-order valence-electron chi connectivity index (χ2n) is 25.4. The van der Waals surface area contributed by atoms with Crippen LogP contribution in [0.3, 0.4) is 0 Å². The molecule has 0 saturated heterocycles. The van der Waals surface area contributed by atoms with Gasteiger partial charge in [0, 0.05) is 45.0 Å². The minimum atomic E-state index is -0.130. The molecule has 2 nitrogen and oxygen atoms in total. The van der Waals surface area contributed by atoms with Gasteiger partial charge in [0.15, 0.2) is 0 Å². The van der Waals surface area contributed by atoms with E-state index >= 15 is 0 Å². The van der Waals surface area contributed by atoms with E-state index in [4.69, 9.17) is 0 Å². The van der Waals surface area contributed by atoms with Gasteiger partial charge in [0.05, 0.1) is 0 Å². The Labute approximate surface area is 460 Å². The van der Waals surface area contributed by atoms with E-state index in [-0.39, 0.29) is 21.7 Å². The van der Waals surface area contributed by atoms with E-state index in [1.54, 1.807) is 0 Å². The van der Waals surface area contributed by atoms with Gasteiger partial charge in [-0.2, -0.15) is 0 Å². The molecule has 0 atom stereocenters. The van der Waals surface area contributed by atoms with Gasteiger partial charge in [0.2, 0.25) is 0 Å². The molecular formula is C76H66N2. The van der Waals surface area contributed by atoms with Crippen LogP contribution in [0, 0.1) is 0 Å². The molecule has 0 fully saturated rings. The second kappa shape index (κ2) is 17.0. The quantitative estimate of drug-likeness (QED) is 0.153. The van der Waals surface area contributed by atoms with Crippen molar-refractivity contribution in [3.8, 4) is 22.3 Å². The highest BCUT2D eigenvalue weighted by molar-refractivity contribution is 6.39.